The fraction of sp³-hybridized carbons (Fsp3) is 0.571. The van der Waals surface area contributed by atoms with E-state index in [1.165, 1.54) is 5.56 Å². The number of methoxy groups -OCH3 is 1. The van der Waals surface area contributed by atoms with Crippen LogP contribution in [0, 0.1) is 0 Å². The van der Waals surface area contributed by atoms with Crippen LogP contribution in [0.25, 0.3) is 0 Å². The molecule has 1 atom stereocenters. The monoisotopic (exact) mass is 375 g/mol. The molecular formula is C21H33NO3Si. The fourth-order valence-electron chi connectivity index (χ4n) is 2.52. The smallest absolute Gasteiger partial charge is 0.191 e. The van der Waals surface area contributed by atoms with Gasteiger partial charge in [0.1, 0.15) is 11.5 Å². The van der Waals surface area contributed by atoms with Gasteiger partial charge in [-0.2, -0.15) is 0 Å². The molecule has 0 saturated heterocycles. The van der Waals surface area contributed by atoms with Crippen molar-refractivity contribution in [3.05, 3.63) is 47.3 Å². The Morgan fingerprint density at radius 2 is 1.81 bits per heavy atom. The van der Waals surface area contributed by atoms with Crippen molar-refractivity contribution in [2.45, 2.75) is 64.6 Å². The van der Waals surface area contributed by atoms with Gasteiger partial charge in [0.15, 0.2) is 8.32 Å². The lowest BCUT2D eigenvalue weighted by molar-refractivity contribution is 0.272. The molecule has 26 heavy (non-hydrogen) atoms. The minimum atomic E-state index is -1.70. The van der Waals surface area contributed by atoms with Crippen molar-refractivity contribution in [1.29, 1.82) is 0 Å². The van der Waals surface area contributed by atoms with Crippen molar-refractivity contribution in [1.82, 2.24) is 5.16 Å². The standard InChI is InChI=1S/C21H33NO3Si/c1-16(14-17-8-10-18(23-5)11-9-17)20-15-19(25-22-20)12-13-24-26(6,7)21(2,3)4/h8-11,15-16H,12-14H2,1-7H3/t16-/m0/s1. The highest BCUT2D eigenvalue weighted by Gasteiger charge is 2.36. The van der Waals surface area contributed by atoms with Crippen molar-refractivity contribution in [3.63, 3.8) is 0 Å². The molecule has 2 rings (SSSR count). The van der Waals surface area contributed by atoms with Gasteiger partial charge in [0.25, 0.3) is 0 Å². The van der Waals surface area contributed by atoms with Gasteiger partial charge in [0, 0.05) is 25.0 Å². The van der Waals surface area contributed by atoms with Crippen LogP contribution in [0.5, 0.6) is 5.75 Å². The van der Waals surface area contributed by atoms with Crippen LogP contribution >= 0.6 is 0 Å². The second-order valence-electron chi connectivity index (χ2n) is 8.53. The third-order valence-electron chi connectivity index (χ3n) is 5.40. The maximum atomic E-state index is 6.22. The van der Waals surface area contributed by atoms with E-state index in [0.29, 0.717) is 12.5 Å². The van der Waals surface area contributed by atoms with Crippen LogP contribution in [0.4, 0.5) is 0 Å². The van der Waals surface area contributed by atoms with Crippen LogP contribution in [0.3, 0.4) is 0 Å². The van der Waals surface area contributed by atoms with Crippen LogP contribution in [-0.2, 0) is 17.3 Å². The summed E-state index contributed by atoms with van der Waals surface area (Å²) in [6.07, 6.45) is 1.70. The molecule has 0 unspecified atom stereocenters. The molecule has 0 aliphatic rings. The van der Waals surface area contributed by atoms with E-state index in [1.807, 2.05) is 12.1 Å². The molecule has 0 radical (unpaired) electrons. The zero-order valence-electron chi connectivity index (χ0n) is 17.3. The first-order chi connectivity index (χ1) is 12.1. The van der Waals surface area contributed by atoms with E-state index < -0.39 is 8.32 Å². The molecule has 0 aliphatic carbocycles. The minimum absolute atomic E-state index is 0.229. The van der Waals surface area contributed by atoms with Gasteiger partial charge in [-0.15, -0.1) is 0 Å². The maximum absolute atomic E-state index is 6.22. The lowest BCUT2D eigenvalue weighted by atomic mass is 9.98. The average molecular weight is 376 g/mol. The lowest BCUT2D eigenvalue weighted by Crippen LogP contribution is -2.41. The number of benzene rings is 1. The Morgan fingerprint density at radius 1 is 1.15 bits per heavy atom. The molecule has 1 heterocycles. The average Bonchev–Trinajstić information content (AvgIpc) is 3.03. The van der Waals surface area contributed by atoms with Gasteiger partial charge in [-0.25, -0.2) is 0 Å². The summed E-state index contributed by atoms with van der Waals surface area (Å²) in [5, 5.41) is 4.49. The molecule has 2 aromatic rings. The number of nitrogens with zero attached hydrogens (tertiary/aromatic N) is 1. The molecule has 0 amide bonds. The Kier molecular flexibility index (Phi) is 6.69. The van der Waals surface area contributed by atoms with Gasteiger partial charge in [-0.1, -0.05) is 45.0 Å². The van der Waals surface area contributed by atoms with Crippen molar-refractivity contribution in [2.24, 2.45) is 0 Å². The molecule has 0 saturated carbocycles. The van der Waals surface area contributed by atoms with Crippen LogP contribution in [-0.4, -0.2) is 27.2 Å². The summed E-state index contributed by atoms with van der Waals surface area (Å²) in [6.45, 7) is 14.2. The second-order valence-corrected chi connectivity index (χ2v) is 13.3. The van der Waals surface area contributed by atoms with Gasteiger partial charge in [-0.05, 0) is 42.2 Å². The highest BCUT2D eigenvalue weighted by atomic mass is 28.4. The summed E-state index contributed by atoms with van der Waals surface area (Å²) in [5.74, 6) is 2.09. The van der Waals surface area contributed by atoms with Gasteiger partial charge >= 0.3 is 0 Å². The Bertz CT molecular complexity index is 686. The van der Waals surface area contributed by atoms with Gasteiger partial charge in [0.05, 0.1) is 12.8 Å². The molecule has 1 aromatic carbocycles. The fourth-order valence-corrected chi connectivity index (χ4v) is 3.57. The van der Waals surface area contributed by atoms with Crippen molar-refractivity contribution < 1.29 is 13.7 Å². The number of hydrogen-bond donors (Lipinski definition) is 0. The molecule has 1 aromatic heterocycles. The summed E-state index contributed by atoms with van der Waals surface area (Å²) >= 11 is 0. The molecule has 144 valence electrons. The molecule has 0 aliphatic heterocycles. The Balaban J connectivity index is 1.88. The molecular weight excluding hydrogens is 342 g/mol. The first-order valence-corrected chi connectivity index (χ1v) is 12.3. The Hall–Kier alpha value is -1.59. The molecule has 0 fully saturated rings. The minimum Gasteiger partial charge on any atom is -0.497 e. The molecule has 5 heteroatoms. The highest BCUT2D eigenvalue weighted by Crippen LogP contribution is 2.36. The number of ether oxygens (including phenoxy) is 1. The number of rotatable bonds is 8. The first kappa shape index (κ1) is 20.7. The van der Waals surface area contributed by atoms with Crippen LogP contribution in [0.2, 0.25) is 18.1 Å². The largest absolute Gasteiger partial charge is 0.497 e. The van der Waals surface area contributed by atoms with Crippen molar-refractivity contribution in [2.75, 3.05) is 13.7 Å². The van der Waals surface area contributed by atoms with Crippen LogP contribution in [0.15, 0.2) is 34.9 Å². The van der Waals surface area contributed by atoms with Gasteiger partial charge < -0.3 is 13.7 Å². The number of aromatic nitrogens is 1. The van der Waals surface area contributed by atoms with Gasteiger partial charge in [-0.3, -0.25) is 0 Å². The summed E-state index contributed by atoms with van der Waals surface area (Å²) < 4.78 is 17.0. The topological polar surface area (TPSA) is 44.5 Å². The second kappa shape index (κ2) is 8.40. The maximum Gasteiger partial charge on any atom is 0.191 e. The van der Waals surface area contributed by atoms with E-state index in [0.717, 1.165) is 30.0 Å². The quantitative estimate of drug-likeness (QED) is 0.564. The van der Waals surface area contributed by atoms with E-state index in [-0.39, 0.29) is 5.04 Å². The van der Waals surface area contributed by atoms with E-state index in [4.69, 9.17) is 13.7 Å². The summed E-state index contributed by atoms with van der Waals surface area (Å²) in [4.78, 5) is 0. The van der Waals surface area contributed by atoms with E-state index in [9.17, 15) is 0 Å². The normalized spacial score (nSPS) is 13.7. The van der Waals surface area contributed by atoms with E-state index in [1.54, 1.807) is 7.11 Å². The third kappa shape index (κ3) is 5.45. The Labute approximate surface area is 159 Å². The van der Waals surface area contributed by atoms with Crippen molar-refractivity contribution in [3.8, 4) is 5.75 Å². The SMILES string of the molecule is COc1ccc(C[C@H](C)c2cc(CCO[Si](C)(C)C(C)(C)C)on2)cc1. The van der Waals surface area contributed by atoms with Crippen molar-refractivity contribution >= 4 is 8.32 Å². The zero-order chi connectivity index (χ0) is 19.4. The molecule has 4 nitrogen and oxygen atoms in total. The molecule has 0 spiro atoms. The molecule has 0 N–H and O–H groups in total. The van der Waals surface area contributed by atoms with Gasteiger partial charge in [0.2, 0.25) is 0 Å². The summed E-state index contributed by atoms with van der Waals surface area (Å²) in [5.41, 5.74) is 2.27. The predicted molar refractivity (Wildman–Crippen MR) is 108 cm³/mol. The van der Waals surface area contributed by atoms with Crippen LogP contribution < -0.4 is 4.74 Å². The predicted octanol–water partition coefficient (Wildman–Crippen LogP) is 5.59. The van der Waals surface area contributed by atoms with Crippen LogP contribution in [0.1, 0.15) is 50.6 Å². The number of hydrogen-bond acceptors (Lipinski definition) is 4. The van der Waals surface area contributed by atoms with E-state index >= 15 is 0 Å². The lowest BCUT2D eigenvalue weighted by Gasteiger charge is -2.36. The zero-order valence-corrected chi connectivity index (χ0v) is 18.3. The molecule has 0 bridgehead atoms. The third-order valence-corrected chi connectivity index (χ3v) is 9.94. The van der Waals surface area contributed by atoms with E-state index in [2.05, 4.69) is 64.1 Å². The summed E-state index contributed by atoms with van der Waals surface area (Å²) in [6, 6.07) is 10.3. The highest BCUT2D eigenvalue weighted by molar-refractivity contribution is 6.74. The summed E-state index contributed by atoms with van der Waals surface area (Å²) in [7, 11) is -0.0211. The first-order valence-electron chi connectivity index (χ1n) is 9.35. The Morgan fingerprint density at radius 3 is 2.38 bits per heavy atom.